The topological polar surface area (TPSA) is 129 Å². The van der Waals surface area contributed by atoms with Crippen molar-refractivity contribution in [2.75, 3.05) is 19.8 Å². The van der Waals surface area contributed by atoms with Crippen molar-refractivity contribution in [2.45, 2.75) is 31.4 Å². The third-order valence-corrected chi connectivity index (χ3v) is 6.67. The van der Waals surface area contributed by atoms with Gasteiger partial charge in [0.25, 0.3) is 0 Å². The summed E-state index contributed by atoms with van der Waals surface area (Å²) in [6.07, 6.45) is 1.48. The number of hydrogen-bond donors (Lipinski definition) is 4. The number of halogens is 2. The van der Waals surface area contributed by atoms with Crippen LogP contribution in [0.5, 0.6) is 5.75 Å². The number of nitrogens with zero attached hydrogens (tertiary/aromatic N) is 1. The molecule has 0 saturated heterocycles. The van der Waals surface area contributed by atoms with Crippen molar-refractivity contribution in [3.63, 3.8) is 0 Å². The second kappa shape index (κ2) is 13.1. The predicted molar refractivity (Wildman–Crippen MR) is 133 cm³/mol. The number of carbonyl (C=O) groups is 1. The summed E-state index contributed by atoms with van der Waals surface area (Å²) >= 11 is 1.41. The largest absolute Gasteiger partial charge is 0.488 e. The first-order valence-electron chi connectivity index (χ1n) is 11.3. The fourth-order valence-corrected chi connectivity index (χ4v) is 4.90. The molecule has 10 heteroatoms. The van der Waals surface area contributed by atoms with Gasteiger partial charge in [0.05, 0.1) is 12.2 Å². The van der Waals surface area contributed by atoms with Crippen LogP contribution >= 0.6 is 11.3 Å². The smallest absolute Gasteiger partial charge is 0.207 e. The number of ether oxygens (including phenoxy) is 1. The number of nitrogens with two attached hydrogens (primary N) is 1. The van der Waals surface area contributed by atoms with Gasteiger partial charge in [-0.1, -0.05) is 6.07 Å². The molecule has 7 nitrogen and oxygen atoms in total. The molecule has 2 atom stereocenters. The Morgan fingerprint density at radius 2 is 1.92 bits per heavy atom. The highest BCUT2D eigenvalue weighted by Gasteiger charge is 2.18. The van der Waals surface area contributed by atoms with E-state index in [1.165, 1.54) is 35.6 Å². The minimum Gasteiger partial charge on any atom is -0.488 e. The van der Waals surface area contributed by atoms with Crippen LogP contribution in [0.2, 0.25) is 0 Å². The third kappa shape index (κ3) is 7.08. The van der Waals surface area contributed by atoms with Crippen LogP contribution in [0.15, 0.2) is 42.5 Å². The van der Waals surface area contributed by atoms with Crippen molar-refractivity contribution in [2.24, 2.45) is 5.73 Å². The van der Waals surface area contributed by atoms with E-state index in [0.29, 0.717) is 47.4 Å². The van der Waals surface area contributed by atoms with Crippen LogP contribution in [0, 0.1) is 23.0 Å². The van der Waals surface area contributed by atoms with Gasteiger partial charge in [-0.05, 0) is 66.8 Å². The van der Waals surface area contributed by atoms with Gasteiger partial charge in [-0.3, -0.25) is 4.79 Å². The lowest BCUT2D eigenvalue weighted by Gasteiger charge is -2.12. The summed E-state index contributed by atoms with van der Waals surface area (Å²) in [6.45, 7) is -0.227. The zero-order chi connectivity index (χ0) is 26.1. The standard InChI is InChI=1S/C26H27F2N3O4S/c27-23-8-16(3-4-18(23)12-29)22-11-21(10-19(30)2-1-7-31-15-33)36-26(22)17-5-6-25(24(28)9-17)35-14-20(34)13-32/h3-6,8-9,11,15,19-20,32,34H,1-2,7,10,13-14,30H2,(H,31,33). The lowest BCUT2D eigenvalue weighted by Crippen LogP contribution is -2.24. The summed E-state index contributed by atoms with van der Waals surface area (Å²) in [5, 5.41) is 30.0. The van der Waals surface area contributed by atoms with E-state index in [0.717, 1.165) is 11.3 Å². The lowest BCUT2D eigenvalue weighted by molar-refractivity contribution is -0.109. The summed E-state index contributed by atoms with van der Waals surface area (Å²) in [5.41, 5.74) is 7.97. The number of rotatable bonds is 13. The quantitative estimate of drug-likeness (QED) is 0.204. The number of benzene rings is 2. The zero-order valence-electron chi connectivity index (χ0n) is 19.4. The average molecular weight is 516 g/mol. The van der Waals surface area contributed by atoms with Crippen LogP contribution < -0.4 is 15.8 Å². The van der Waals surface area contributed by atoms with Crippen LogP contribution in [0.1, 0.15) is 23.3 Å². The monoisotopic (exact) mass is 515 g/mol. The Bertz CT molecular complexity index is 1230. The highest BCUT2D eigenvalue weighted by Crippen LogP contribution is 2.41. The Kier molecular flexibility index (Phi) is 9.90. The molecule has 3 rings (SSSR count). The van der Waals surface area contributed by atoms with Crippen molar-refractivity contribution in [3.8, 4) is 33.4 Å². The second-order valence-electron chi connectivity index (χ2n) is 8.23. The van der Waals surface area contributed by atoms with Crippen LogP contribution in [-0.2, 0) is 11.2 Å². The molecule has 0 aliphatic heterocycles. The summed E-state index contributed by atoms with van der Waals surface area (Å²) in [7, 11) is 0. The van der Waals surface area contributed by atoms with Crippen molar-refractivity contribution in [3.05, 3.63) is 64.5 Å². The molecule has 1 amide bonds. The van der Waals surface area contributed by atoms with Gasteiger partial charge in [0.15, 0.2) is 11.6 Å². The molecular weight excluding hydrogens is 488 g/mol. The predicted octanol–water partition coefficient (Wildman–Crippen LogP) is 3.36. The van der Waals surface area contributed by atoms with Crippen LogP contribution in [0.25, 0.3) is 21.6 Å². The maximum absolute atomic E-state index is 14.8. The Morgan fingerprint density at radius 3 is 2.58 bits per heavy atom. The zero-order valence-corrected chi connectivity index (χ0v) is 20.2. The van der Waals surface area contributed by atoms with Crippen molar-refractivity contribution in [1.82, 2.24) is 5.32 Å². The molecule has 1 aromatic heterocycles. The minimum absolute atomic E-state index is 0.0695. The highest BCUT2D eigenvalue weighted by atomic mass is 32.1. The lowest BCUT2D eigenvalue weighted by atomic mass is 9.99. The van der Waals surface area contributed by atoms with Crippen molar-refractivity contribution >= 4 is 17.7 Å². The van der Waals surface area contributed by atoms with E-state index in [9.17, 15) is 18.7 Å². The molecule has 190 valence electrons. The normalized spacial score (nSPS) is 12.6. The van der Waals surface area contributed by atoms with Gasteiger partial charge in [0, 0.05) is 27.9 Å². The number of hydrogen-bond acceptors (Lipinski definition) is 7. The van der Waals surface area contributed by atoms with E-state index in [2.05, 4.69) is 5.32 Å². The molecule has 36 heavy (non-hydrogen) atoms. The van der Waals surface area contributed by atoms with E-state index >= 15 is 0 Å². The van der Waals surface area contributed by atoms with E-state index in [4.69, 9.17) is 20.8 Å². The maximum Gasteiger partial charge on any atom is 0.207 e. The minimum atomic E-state index is -1.12. The summed E-state index contributed by atoms with van der Waals surface area (Å²) < 4.78 is 34.4. The van der Waals surface area contributed by atoms with Crippen LogP contribution in [-0.4, -0.2) is 48.5 Å². The van der Waals surface area contributed by atoms with Gasteiger partial charge >= 0.3 is 0 Å². The van der Waals surface area contributed by atoms with Crippen LogP contribution in [0.4, 0.5) is 8.78 Å². The number of nitrogens with one attached hydrogen (secondary N) is 1. The van der Waals surface area contributed by atoms with Gasteiger partial charge < -0.3 is 26.0 Å². The summed E-state index contributed by atoms with van der Waals surface area (Å²) in [4.78, 5) is 12.0. The third-order valence-electron chi connectivity index (χ3n) is 5.46. The Labute approximate surface area is 211 Å². The molecule has 0 aliphatic rings. The number of thiophene rings is 1. The highest BCUT2D eigenvalue weighted by molar-refractivity contribution is 7.16. The first kappa shape index (κ1) is 27.2. The fraction of sp³-hybridized carbons (Fsp3) is 0.308. The Balaban J connectivity index is 1.93. The van der Waals surface area contributed by atoms with E-state index in [1.807, 2.05) is 6.07 Å². The maximum atomic E-state index is 14.8. The average Bonchev–Trinajstić information content (AvgIpc) is 3.29. The first-order chi connectivity index (χ1) is 17.4. The Hall–Kier alpha value is -3.36. The first-order valence-corrected chi connectivity index (χ1v) is 12.1. The summed E-state index contributed by atoms with van der Waals surface area (Å²) in [6, 6.07) is 12.3. The molecule has 2 aromatic carbocycles. The molecule has 2 unspecified atom stereocenters. The molecule has 0 bridgehead atoms. The Morgan fingerprint density at radius 1 is 1.17 bits per heavy atom. The molecule has 1 heterocycles. The molecule has 3 aromatic rings. The number of aliphatic hydroxyl groups excluding tert-OH is 2. The van der Waals surface area contributed by atoms with Gasteiger partial charge in [-0.25, -0.2) is 8.78 Å². The van der Waals surface area contributed by atoms with Crippen molar-refractivity contribution < 1.29 is 28.5 Å². The van der Waals surface area contributed by atoms with Crippen LogP contribution in [0.3, 0.4) is 0 Å². The second-order valence-corrected chi connectivity index (χ2v) is 9.37. The number of nitriles is 1. The van der Waals surface area contributed by atoms with Gasteiger partial charge in [0.2, 0.25) is 6.41 Å². The summed E-state index contributed by atoms with van der Waals surface area (Å²) in [5.74, 6) is -1.37. The van der Waals surface area contributed by atoms with Crippen molar-refractivity contribution in [1.29, 1.82) is 5.26 Å². The molecular formula is C26H27F2N3O4S. The molecule has 0 radical (unpaired) electrons. The van der Waals surface area contributed by atoms with Gasteiger partial charge in [-0.15, -0.1) is 11.3 Å². The molecule has 5 N–H and O–H groups in total. The number of amides is 1. The molecule has 0 fully saturated rings. The van der Waals surface area contributed by atoms with E-state index in [-0.39, 0.29) is 24.0 Å². The van der Waals surface area contributed by atoms with E-state index in [1.54, 1.807) is 18.2 Å². The molecule has 0 aliphatic carbocycles. The van der Waals surface area contributed by atoms with Gasteiger partial charge in [0.1, 0.15) is 24.6 Å². The number of aliphatic hydroxyl groups is 2. The fourth-order valence-electron chi connectivity index (χ4n) is 3.63. The van der Waals surface area contributed by atoms with E-state index < -0.39 is 24.3 Å². The molecule has 0 saturated carbocycles. The van der Waals surface area contributed by atoms with Gasteiger partial charge in [-0.2, -0.15) is 5.26 Å². The number of carbonyl (C=O) groups excluding carboxylic acids is 1. The SMILES string of the molecule is N#Cc1ccc(-c2cc(CC(N)CCCNC=O)sc2-c2ccc(OCC(O)CO)c(F)c2)cc1F. The molecule has 0 spiro atoms.